The highest BCUT2D eigenvalue weighted by Gasteiger charge is 2.26. The van der Waals surface area contributed by atoms with Gasteiger partial charge in [0.25, 0.3) is 9.04 Å². The molecule has 0 amide bonds. The Balaban J connectivity index is 4.27. The maximum atomic E-state index is 11.3. The summed E-state index contributed by atoms with van der Waals surface area (Å²) in [6, 6.07) is 0.769. The number of hydrogen-bond acceptors (Lipinski definition) is 4. The molecule has 1 unspecified atom stereocenters. The number of methoxy groups -OCH3 is 2. The average molecular weight is 218 g/mol. The van der Waals surface area contributed by atoms with Gasteiger partial charge in [-0.2, -0.15) is 0 Å². The third-order valence-corrected chi connectivity index (χ3v) is 4.25. The van der Waals surface area contributed by atoms with Crippen molar-refractivity contribution >= 4 is 15.0 Å². The third kappa shape index (κ3) is 4.04. The van der Waals surface area contributed by atoms with Gasteiger partial charge in [-0.1, -0.05) is 13.5 Å². The molecule has 0 spiro atoms. The molecule has 0 rings (SSSR count). The van der Waals surface area contributed by atoms with Gasteiger partial charge >= 0.3 is 5.97 Å². The Labute approximate surface area is 86.6 Å². The molecule has 0 aromatic heterocycles. The molecule has 0 aliphatic heterocycles. The van der Waals surface area contributed by atoms with Crippen molar-refractivity contribution in [3.63, 3.8) is 0 Å². The molecule has 4 nitrogen and oxygen atoms in total. The zero-order chi connectivity index (χ0) is 11.1. The van der Waals surface area contributed by atoms with Crippen LogP contribution in [-0.4, -0.2) is 35.1 Å². The summed E-state index contributed by atoms with van der Waals surface area (Å²) in [7, 11) is 1.28. The number of carbonyl (C=O) groups excluding carboxylic acids is 1. The Morgan fingerprint density at radius 2 is 1.93 bits per heavy atom. The van der Waals surface area contributed by atoms with Crippen LogP contribution in [0.15, 0.2) is 12.2 Å². The van der Waals surface area contributed by atoms with Crippen molar-refractivity contribution in [2.24, 2.45) is 0 Å². The van der Waals surface area contributed by atoms with Crippen molar-refractivity contribution < 1.29 is 18.7 Å². The van der Waals surface area contributed by atoms with Gasteiger partial charge in [0.05, 0.1) is 0 Å². The van der Waals surface area contributed by atoms with E-state index in [1.54, 1.807) is 21.1 Å². The lowest BCUT2D eigenvalue weighted by molar-refractivity contribution is -0.132. The van der Waals surface area contributed by atoms with E-state index >= 15 is 0 Å². The van der Waals surface area contributed by atoms with Crippen LogP contribution >= 0.6 is 0 Å². The smallest absolute Gasteiger partial charge is 0.319 e. The van der Waals surface area contributed by atoms with Gasteiger partial charge in [0.15, 0.2) is 5.91 Å². The highest BCUT2D eigenvalue weighted by molar-refractivity contribution is 6.55. The number of hydrogen-bond donors (Lipinski definition) is 0. The predicted octanol–water partition coefficient (Wildman–Crippen LogP) is 1.01. The molecule has 82 valence electrons. The van der Waals surface area contributed by atoms with E-state index in [9.17, 15) is 4.79 Å². The van der Waals surface area contributed by atoms with Crippen LogP contribution in [0.5, 0.6) is 0 Å². The Bertz CT molecular complexity index is 201. The minimum absolute atomic E-state index is 0.359. The summed E-state index contributed by atoms with van der Waals surface area (Å²) in [5, 5.41) is 0. The second-order valence-electron chi connectivity index (χ2n) is 2.97. The van der Waals surface area contributed by atoms with Crippen LogP contribution in [0.1, 0.15) is 13.8 Å². The van der Waals surface area contributed by atoms with Crippen LogP contribution in [0.3, 0.4) is 0 Å². The minimum atomic E-state index is -1.80. The monoisotopic (exact) mass is 218 g/mol. The molecule has 0 aliphatic carbocycles. The zero-order valence-electron chi connectivity index (χ0n) is 9.20. The first kappa shape index (κ1) is 13.3. The maximum Gasteiger partial charge on any atom is 0.319 e. The second kappa shape index (κ2) is 6.75. The SMILES string of the molecule is C=C(C)C(=O)O[SiH](CC)C(OC)OC. The fourth-order valence-electron chi connectivity index (χ4n) is 0.969. The van der Waals surface area contributed by atoms with Crippen LogP contribution < -0.4 is 0 Å². The van der Waals surface area contributed by atoms with E-state index in [0.717, 1.165) is 6.04 Å². The molecule has 0 aromatic carbocycles. The summed E-state index contributed by atoms with van der Waals surface area (Å²) in [6.07, 6.45) is 0. The van der Waals surface area contributed by atoms with Gasteiger partial charge in [-0.25, -0.2) is 4.79 Å². The molecule has 1 atom stereocenters. The first-order valence-corrected chi connectivity index (χ1v) is 6.44. The molecule has 0 fully saturated rings. The number of ether oxygens (including phenoxy) is 2. The molecular formula is C9H18O4Si. The maximum absolute atomic E-state index is 11.3. The van der Waals surface area contributed by atoms with Crippen LogP contribution in [0.4, 0.5) is 0 Å². The van der Waals surface area contributed by atoms with Crippen molar-refractivity contribution in [2.75, 3.05) is 14.2 Å². The lowest BCUT2D eigenvalue weighted by Gasteiger charge is -2.21. The summed E-state index contributed by atoms with van der Waals surface area (Å²) in [5.74, 6) is -0.745. The molecule has 0 aliphatic rings. The van der Waals surface area contributed by atoms with Crippen LogP contribution in [-0.2, 0) is 18.7 Å². The topological polar surface area (TPSA) is 44.8 Å². The normalized spacial score (nSPS) is 12.6. The molecule has 0 saturated heterocycles. The fraction of sp³-hybridized carbons (Fsp3) is 0.667. The van der Waals surface area contributed by atoms with E-state index in [4.69, 9.17) is 13.9 Å². The molecule has 0 bridgehead atoms. The van der Waals surface area contributed by atoms with E-state index in [1.807, 2.05) is 6.92 Å². The van der Waals surface area contributed by atoms with E-state index < -0.39 is 9.04 Å². The van der Waals surface area contributed by atoms with Gasteiger partial charge in [0.1, 0.15) is 0 Å². The van der Waals surface area contributed by atoms with Crippen LogP contribution in [0.25, 0.3) is 0 Å². The largest absolute Gasteiger partial charge is 0.513 e. The van der Waals surface area contributed by atoms with E-state index in [0.29, 0.717) is 5.57 Å². The summed E-state index contributed by atoms with van der Waals surface area (Å²) in [5.41, 5.74) is 0.405. The van der Waals surface area contributed by atoms with Crippen molar-refractivity contribution in [3.05, 3.63) is 12.2 Å². The predicted molar refractivity (Wildman–Crippen MR) is 56.3 cm³/mol. The van der Waals surface area contributed by atoms with Crippen molar-refractivity contribution in [1.82, 2.24) is 0 Å². The van der Waals surface area contributed by atoms with Gasteiger partial charge < -0.3 is 13.9 Å². The van der Waals surface area contributed by atoms with Crippen LogP contribution in [0.2, 0.25) is 6.04 Å². The number of rotatable bonds is 6. The zero-order valence-corrected chi connectivity index (χ0v) is 10.4. The van der Waals surface area contributed by atoms with Crippen molar-refractivity contribution in [1.29, 1.82) is 0 Å². The summed E-state index contributed by atoms with van der Waals surface area (Å²) in [4.78, 5) is 11.3. The quantitative estimate of drug-likeness (QED) is 0.379. The highest BCUT2D eigenvalue weighted by Crippen LogP contribution is 2.07. The molecule has 0 aromatic rings. The lowest BCUT2D eigenvalue weighted by Crippen LogP contribution is -2.38. The molecule has 0 saturated carbocycles. The van der Waals surface area contributed by atoms with Gasteiger partial charge in [-0.05, 0) is 13.0 Å². The third-order valence-electron chi connectivity index (χ3n) is 1.78. The standard InChI is InChI=1S/C9H18O4Si/c1-6-14(9(11-4)12-5)13-8(10)7(2)3/h9,14H,2,6H2,1,3-5H3. The summed E-state index contributed by atoms with van der Waals surface area (Å²) >= 11 is 0. The van der Waals surface area contributed by atoms with E-state index in [2.05, 4.69) is 6.58 Å². The van der Waals surface area contributed by atoms with E-state index in [1.165, 1.54) is 0 Å². The first-order valence-electron chi connectivity index (χ1n) is 4.48. The molecule has 0 radical (unpaired) electrons. The fourth-order valence-corrected chi connectivity index (χ4v) is 2.72. The van der Waals surface area contributed by atoms with Gasteiger partial charge in [0, 0.05) is 19.8 Å². The molecule has 0 heterocycles. The Hall–Kier alpha value is -0.653. The highest BCUT2D eigenvalue weighted by atomic mass is 28.3. The van der Waals surface area contributed by atoms with Crippen molar-refractivity contribution in [2.45, 2.75) is 25.8 Å². The molecule has 14 heavy (non-hydrogen) atoms. The Morgan fingerprint density at radius 3 is 2.21 bits per heavy atom. The second-order valence-corrected chi connectivity index (χ2v) is 5.65. The molecule has 5 heteroatoms. The summed E-state index contributed by atoms with van der Waals surface area (Å²) < 4.78 is 15.4. The van der Waals surface area contributed by atoms with E-state index in [-0.39, 0.29) is 11.9 Å². The Morgan fingerprint density at radius 1 is 1.43 bits per heavy atom. The molecular weight excluding hydrogens is 200 g/mol. The number of carbonyl (C=O) groups is 1. The van der Waals surface area contributed by atoms with Crippen molar-refractivity contribution in [3.8, 4) is 0 Å². The Kier molecular flexibility index (Phi) is 6.43. The van der Waals surface area contributed by atoms with Gasteiger partial charge in [0.2, 0.25) is 0 Å². The minimum Gasteiger partial charge on any atom is -0.513 e. The average Bonchev–Trinajstić information content (AvgIpc) is 2.17. The van der Waals surface area contributed by atoms with Gasteiger partial charge in [-0.3, -0.25) is 0 Å². The summed E-state index contributed by atoms with van der Waals surface area (Å²) in [6.45, 7) is 7.09. The lowest BCUT2D eigenvalue weighted by atomic mass is 10.4. The van der Waals surface area contributed by atoms with Gasteiger partial charge in [-0.15, -0.1) is 0 Å². The molecule has 0 N–H and O–H groups in total. The van der Waals surface area contributed by atoms with Crippen LogP contribution in [0, 0.1) is 0 Å². The first-order chi connectivity index (χ1) is 6.56.